The molecule has 0 atom stereocenters. The summed E-state index contributed by atoms with van der Waals surface area (Å²) < 4.78 is 167. The molecule has 2 aromatic heterocycles. The van der Waals surface area contributed by atoms with E-state index in [1.807, 2.05) is 0 Å². The standard InChI is InChI=1S/C21H16F11N5O2S/c1-38-9-3-4-10(39-2)11(7-9)40-15-36-12-13(33)34-8-35-14(12)37(15)6-5-16(22)17(23,24)19(27,28)21(31,32)20(29,30)18(16,25)26/h3-4,7-8H,5-6H2,1-2H3,(H2,33,34,35). The number of aryl methyl sites for hydroxylation is 1. The number of benzene rings is 1. The van der Waals surface area contributed by atoms with Crippen LogP contribution in [0.5, 0.6) is 11.5 Å². The van der Waals surface area contributed by atoms with E-state index in [0.717, 1.165) is 6.33 Å². The van der Waals surface area contributed by atoms with Crippen LogP contribution in [0.25, 0.3) is 11.2 Å². The Hall–Kier alpha value is -3.25. The number of anilines is 1. The Labute approximate surface area is 220 Å². The molecule has 7 nitrogen and oxygen atoms in total. The smallest absolute Gasteiger partial charge is 0.384 e. The summed E-state index contributed by atoms with van der Waals surface area (Å²) in [6.07, 6.45) is -1.71. The van der Waals surface area contributed by atoms with Crippen LogP contribution in [0.2, 0.25) is 0 Å². The van der Waals surface area contributed by atoms with E-state index in [0.29, 0.717) is 16.3 Å². The highest BCUT2D eigenvalue weighted by Gasteiger charge is 3.00. The second kappa shape index (κ2) is 9.13. The third kappa shape index (κ3) is 3.68. The molecule has 0 bridgehead atoms. The van der Waals surface area contributed by atoms with Crippen LogP contribution in [-0.2, 0) is 6.54 Å². The molecule has 220 valence electrons. The van der Waals surface area contributed by atoms with Crippen LogP contribution in [-0.4, -0.2) is 69.0 Å². The molecule has 0 spiro atoms. The topological polar surface area (TPSA) is 88.1 Å². The molecule has 2 N–H and O–H groups in total. The van der Waals surface area contributed by atoms with Crippen molar-refractivity contribution in [2.24, 2.45) is 0 Å². The van der Waals surface area contributed by atoms with Gasteiger partial charge in [0.25, 0.3) is 5.67 Å². The first kappa shape index (κ1) is 29.7. The third-order valence-electron chi connectivity index (χ3n) is 6.35. The number of hydrogen-bond acceptors (Lipinski definition) is 7. The van der Waals surface area contributed by atoms with Crippen molar-refractivity contribution in [3.05, 3.63) is 24.5 Å². The number of halogens is 11. The number of nitrogens with two attached hydrogens (primary N) is 1. The molecule has 4 rings (SSSR count). The highest BCUT2D eigenvalue weighted by atomic mass is 32.2. The lowest BCUT2D eigenvalue weighted by atomic mass is 9.70. The van der Waals surface area contributed by atoms with Crippen LogP contribution in [0.15, 0.2) is 34.6 Å². The number of methoxy groups -OCH3 is 2. The van der Waals surface area contributed by atoms with E-state index in [1.54, 1.807) is 0 Å². The first-order valence-electron chi connectivity index (χ1n) is 10.8. The van der Waals surface area contributed by atoms with Gasteiger partial charge in [-0.1, -0.05) is 0 Å². The van der Waals surface area contributed by atoms with Gasteiger partial charge in [-0.2, -0.15) is 43.9 Å². The minimum atomic E-state index is -7.30. The molecule has 1 aliphatic carbocycles. The highest BCUT2D eigenvalue weighted by Crippen LogP contribution is 2.70. The lowest BCUT2D eigenvalue weighted by molar-refractivity contribution is -0.485. The number of aromatic nitrogens is 4. The molecule has 19 heteroatoms. The van der Waals surface area contributed by atoms with E-state index in [1.165, 1.54) is 32.4 Å². The fourth-order valence-corrected chi connectivity index (χ4v) is 5.09. The Morgan fingerprint density at radius 2 is 1.40 bits per heavy atom. The van der Waals surface area contributed by atoms with Crippen molar-refractivity contribution in [3.8, 4) is 11.5 Å². The van der Waals surface area contributed by atoms with Gasteiger partial charge >= 0.3 is 29.6 Å². The van der Waals surface area contributed by atoms with Gasteiger partial charge in [-0.15, -0.1) is 0 Å². The Balaban J connectivity index is 1.84. The number of hydrogen-bond donors (Lipinski definition) is 1. The Bertz CT molecular complexity index is 1420. The number of nitrogens with zero attached hydrogens (tertiary/aromatic N) is 4. The maximum atomic E-state index is 15.4. The van der Waals surface area contributed by atoms with Gasteiger partial charge in [0.15, 0.2) is 22.1 Å². The number of nitrogen functional groups attached to an aromatic ring is 1. The van der Waals surface area contributed by atoms with E-state index < -0.39 is 53.9 Å². The maximum absolute atomic E-state index is 15.4. The van der Waals surface area contributed by atoms with Crippen molar-refractivity contribution < 1.29 is 57.8 Å². The lowest BCUT2D eigenvalue weighted by Gasteiger charge is -2.52. The molecule has 1 aromatic carbocycles. The summed E-state index contributed by atoms with van der Waals surface area (Å²) in [4.78, 5) is 11.6. The second-order valence-corrected chi connectivity index (χ2v) is 9.53. The number of fused-ring (bicyclic) bond motifs is 1. The minimum absolute atomic E-state index is 0.164. The fourth-order valence-electron chi connectivity index (χ4n) is 4.04. The Morgan fingerprint density at radius 3 is 1.95 bits per heavy atom. The molecule has 1 saturated carbocycles. The zero-order valence-corrected chi connectivity index (χ0v) is 20.8. The van der Waals surface area contributed by atoms with Gasteiger partial charge in [-0.3, -0.25) is 0 Å². The number of alkyl halides is 11. The van der Waals surface area contributed by atoms with Crippen molar-refractivity contribution in [1.29, 1.82) is 0 Å². The summed E-state index contributed by atoms with van der Waals surface area (Å²) in [6, 6.07) is 4.28. The largest absolute Gasteiger partial charge is 0.497 e. The predicted molar refractivity (Wildman–Crippen MR) is 117 cm³/mol. The van der Waals surface area contributed by atoms with Crippen molar-refractivity contribution in [2.75, 3.05) is 20.0 Å². The Morgan fingerprint density at radius 1 is 0.825 bits per heavy atom. The molecular weight excluding hydrogens is 595 g/mol. The van der Waals surface area contributed by atoms with E-state index >= 15 is 4.39 Å². The van der Waals surface area contributed by atoms with Gasteiger partial charge in [0, 0.05) is 13.0 Å². The fraction of sp³-hybridized carbons (Fsp3) is 0.476. The second-order valence-electron chi connectivity index (χ2n) is 8.52. The number of ether oxygens (including phenoxy) is 2. The van der Waals surface area contributed by atoms with Gasteiger partial charge in [-0.25, -0.2) is 19.3 Å². The quantitative estimate of drug-likeness (QED) is 0.335. The first-order valence-corrected chi connectivity index (χ1v) is 11.6. The summed E-state index contributed by atoms with van der Waals surface area (Å²) >= 11 is 0.624. The Kier molecular flexibility index (Phi) is 6.79. The summed E-state index contributed by atoms with van der Waals surface area (Å²) in [5, 5.41) is -0.372. The van der Waals surface area contributed by atoms with Gasteiger partial charge in [-0.05, 0) is 30.0 Å². The van der Waals surface area contributed by atoms with Gasteiger partial charge in [0.05, 0.1) is 19.1 Å². The molecule has 0 amide bonds. The minimum Gasteiger partial charge on any atom is -0.497 e. The van der Waals surface area contributed by atoms with E-state index in [2.05, 4.69) is 15.0 Å². The van der Waals surface area contributed by atoms with Crippen molar-refractivity contribution in [1.82, 2.24) is 19.5 Å². The summed E-state index contributed by atoms with van der Waals surface area (Å²) in [7, 11) is 2.57. The third-order valence-corrected chi connectivity index (χ3v) is 7.38. The summed E-state index contributed by atoms with van der Waals surface area (Å²) in [5.74, 6) is -35.5. The van der Waals surface area contributed by atoms with Crippen molar-refractivity contribution >= 4 is 28.7 Å². The molecule has 0 aliphatic heterocycles. The van der Waals surface area contributed by atoms with E-state index in [9.17, 15) is 43.9 Å². The molecule has 3 aromatic rings. The molecule has 2 heterocycles. The summed E-state index contributed by atoms with van der Waals surface area (Å²) in [6.45, 7) is -1.50. The molecule has 1 fully saturated rings. The van der Waals surface area contributed by atoms with Crippen molar-refractivity contribution in [2.45, 2.75) is 58.3 Å². The number of imidazole rings is 1. The molecular formula is C21H16F11N5O2S. The van der Waals surface area contributed by atoms with E-state index in [4.69, 9.17) is 15.2 Å². The van der Waals surface area contributed by atoms with Crippen LogP contribution in [0, 0.1) is 0 Å². The van der Waals surface area contributed by atoms with Crippen LogP contribution < -0.4 is 15.2 Å². The summed E-state index contributed by atoms with van der Waals surface area (Å²) in [5.41, 5.74) is -1.17. The number of rotatable bonds is 7. The molecule has 40 heavy (non-hydrogen) atoms. The van der Waals surface area contributed by atoms with Gasteiger partial charge in [0.1, 0.15) is 17.8 Å². The van der Waals surface area contributed by atoms with Gasteiger partial charge in [0.2, 0.25) is 0 Å². The zero-order chi connectivity index (χ0) is 30.1. The predicted octanol–water partition coefficient (Wildman–Crippen LogP) is 5.87. The molecule has 0 saturated heterocycles. The highest BCUT2D eigenvalue weighted by molar-refractivity contribution is 7.99. The van der Waals surface area contributed by atoms with Crippen molar-refractivity contribution in [3.63, 3.8) is 0 Å². The average Bonchev–Trinajstić information content (AvgIpc) is 3.24. The maximum Gasteiger partial charge on any atom is 0.384 e. The van der Waals surface area contributed by atoms with E-state index in [-0.39, 0.29) is 32.9 Å². The molecule has 0 radical (unpaired) electrons. The molecule has 0 unspecified atom stereocenters. The van der Waals surface area contributed by atoms with Crippen LogP contribution in [0.1, 0.15) is 6.42 Å². The van der Waals surface area contributed by atoms with Crippen LogP contribution >= 0.6 is 11.8 Å². The average molecular weight is 611 g/mol. The lowest BCUT2D eigenvalue weighted by Crippen LogP contribution is -2.83. The zero-order valence-electron chi connectivity index (χ0n) is 20.0. The van der Waals surface area contributed by atoms with Crippen LogP contribution in [0.4, 0.5) is 54.1 Å². The van der Waals surface area contributed by atoms with Gasteiger partial charge < -0.3 is 19.8 Å². The SMILES string of the molecule is COc1ccc(OC)c(Sc2nc3c(N)ncnc3n2CCC2(F)C(F)(F)C(F)(F)C(F)(F)C(F)(F)C2(F)F)c1. The first-order chi connectivity index (χ1) is 18.3. The molecule has 1 aliphatic rings. The van der Waals surface area contributed by atoms with Crippen LogP contribution in [0.3, 0.4) is 0 Å². The monoisotopic (exact) mass is 611 g/mol. The normalized spacial score (nSPS) is 21.7.